The molecule has 0 aromatic heterocycles. The summed E-state index contributed by atoms with van der Waals surface area (Å²) >= 11 is 0. The van der Waals surface area contributed by atoms with Crippen molar-refractivity contribution in [3.63, 3.8) is 0 Å². The molecule has 1 amide bonds. The summed E-state index contributed by atoms with van der Waals surface area (Å²) in [5.41, 5.74) is 5.71. The quantitative estimate of drug-likeness (QED) is 0.876. The zero-order chi connectivity index (χ0) is 13.9. The van der Waals surface area contributed by atoms with Crippen LogP contribution in [0.25, 0.3) is 0 Å². The number of ether oxygens (including phenoxy) is 2. The zero-order valence-corrected chi connectivity index (χ0v) is 11.5. The van der Waals surface area contributed by atoms with Crippen molar-refractivity contribution in [3.05, 3.63) is 24.3 Å². The molecule has 1 aromatic rings. The molecule has 0 bridgehead atoms. The Morgan fingerprint density at radius 1 is 1.35 bits per heavy atom. The molecule has 1 fully saturated rings. The highest BCUT2D eigenvalue weighted by atomic mass is 16.6. The van der Waals surface area contributed by atoms with Gasteiger partial charge in [0.15, 0.2) is 11.5 Å². The first-order valence-corrected chi connectivity index (χ1v) is 7.15. The first-order chi connectivity index (χ1) is 9.78. The topological polar surface area (TPSA) is 64.8 Å². The number of carbonyl (C=O) groups excluding carboxylic acids is 1. The van der Waals surface area contributed by atoms with E-state index in [4.69, 9.17) is 15.2 Å². The Kier molecular flexibility index (Phi) is 3.78. The van der Waals surface area contributed by atoms with E-state index in [0.29, 0.717) is 24.0 Å². The van der Waals surface area contributed by atoms with Gasteiger partial charge in [0.2, 0.25) is 6.10 Å². The molecule has 0 aliphatic carbocycles. The highest BCUT2D eigenvalue weighted by Gasteiger charge is 2.33. The fraction of sp³-hybridized carbons (Fsp3) is 0.533. The third kappa shape index (κ3) is 2.58. The van der Waals surface area contributed by atoms with Gasteiger partial charge in [-0.1, -0.05) is 12.1 Å². The summed E-state index contributed by atoms with van der Waals surface area (Å²) in [6.45, 7) is 2.43. The molecule has 108 valence electrons. The summed E-state index contributed by atoms with van der Waals surface area (Å²) in [7, 11) is 0. The van der Waals surface area contributed by atoms with Gasteiger partial charge >= 0.3 is 0 Å². The maximum absolute atomic E-state index is 12.5. The van der Waals surface area contributed by atoms with Crippen LogP contribution in [0.4, 0.5) is 0 Å². The third-order valence-electron chi connectivity index (χ3n) is 3.95. The molecule has 5 heteroatoms. The molecule has 2 N–H and O–H groups in total. The lowest BCUT2D eigenvalue weighted by Crippen LogP contribution is -2.50. The van der Waals surface area contributed by atoms with Crippen LogP contribution >= 0.6 is 0 Å². The monoisotopic (exact) mass is 276 g/mol. The molecule has 5 nitrogen and oxygen atoms in total. The largest absolute Gasteiger partial charge is 0.485 e. The van der Waals surface area contributed by atoms with E-state index in [1.165, 1.54) is 0 Å². The smallest absolute Gasteiger partial charge is 0.267 e. The van der Waals surface area contributed by atoms with Crippen LogP contribution in [0.1, 0.15) is 12.8 Å². The Bertz CT molecular complexity index is 492. The molecule has 2 aliphatic heterocycles. The van der Waals surface area contributed by atoms with Gasteiger partial charge in [-0.15, -0.1) is 0 Å². The Hall–Kier alpha value is -1.75. The van der Waals surface area contributed by atoms with E-state index < -0.39 is 6.10 Å². The van der Waals surface area contributed by atoms with Gasteiger partial charge in [0.05, 0.1) is 0 Å². The van der Waals surface area contributed by atoms with Crippen molar-refractivity contribution < 1.29 is 14.3 Å². The molecule has 20 heavy (non-hydrogen) atoms. The number of para-hydroxylation sites is 2. The van der Waals surface area contributed by atoms with Gasteiger partial charge in [-0.2, -0.15) is 0 Å². The van der Waals surface area contributed by atoms with Gasteiger partial charge in [0.1, 0.15) is 6.61 Å². The summed E-state index contributed by atoms with van der Waals surface area (Å²) in [5, 5.41) is 0. The van der Waals surface area contributed by atoms with E-state index in [1.807, 2.05) is 29.2 Å². The average Bonchev–Trinajstić information content (AvgIpc) is 2.53. The van der Waals surface area contributed by atoms with Crippen LogP contribution in [0.3, 0.4) is 0 Å². The minimum Gasteiger partial charge on any atom is -0.485 e. The Labute approximate surface area is 118 Å². The van der Waals surface area contributed by atoms with E-state index in [2.05, 4.69) is 0 Å². The third-order valence-corrected chi connectivity index (χ3v) is 3.95. The SMILES string of the molecule is NC[C@@H]1CCCN(C(=O)[C@H]2COc3ccccc3O2)C1. The van der Waals surface area contributed by atoms with Crippen LogP contribution in [-0.4, -0.2) is 43.2 Å². The maximum atomic E-state index is 12.5. The summed E-state index contributed by atoms with van der Waals surface area (Å²) < 4.78 is 11.4. The number of amides is 1. The second kappa shape index (κ2) is 5.71. The Balaban J connectivity index is 1.67. The minimum absolute atomic E-state index is 0.0117. The van der Waals surface area contributed by atoms with Crippen LogP contribution in [0.5, 0.6) is 11.5 Å². The second-order valence-electron chi connectivity index (χ2n) is 5.39. The number of hydrogen-bond donors (Lipinski definition) is 1. The molecule has 1 saturated heterocycles. The van der Waals surface area contributed by atoms with E-state index in [0.717, 1.165) is 25.9 Å². The van der Waals surface area contributed by atoms with Crippen LogP contribution < -0.4 is 15.2 Å². The van der Waals surface area contributed by atoms with E-state index in [1.54, 1.807) is 0 Å². The molecular weight excluding hydrogens is 256 g/mol. The summed E-state index contributed by atoms with van der Waals surface area (Å²) in [5.74, 6) is 1.77. The molecule has 2 aliphatic rings. The number of piperidine rings is 1. The molecule has 0 saturated carbocycles. The van der Waals surface area contributed by atoms with Gasteiger partial charge < -0.3 is 20.1 Å². The van der Waals surface area contributed by atoms with Gasteiger partial charge in [0.25, 0.3) is 5.91 Å². The number of hydrogen-bond acceptors (Lipinski definition) is 4. The fourth-order valence-electron chi connectivity index (χ4n) is 2.80. The normalized spacial score (nSPS) is 25.4. The van der Waals surface area contributed by atoms with Crippen LogP contribution in [-0.2, 0) is 4.79 Å². The number of nitrogens with zero attached hydrogens (tertiary/aromatic N) is 1. The molecule has 3 rings (SSSR count). The van der Waals surface area contributed by atoms with E-state index in [9.17, 15) is 4.79 Å². The first kappa shape index (κ1) is 13.2. The number of nitrogens with two attached hydrogens (primary N) is 1. The van der Waals surface area contributed by atoms with E-state index >= 15 is 0 Å². The van der Waals surface area contributed by atoms with Crippen LogP contribution in [0, 0.1) is 5.92 Å². The highest BCUT2D eigenvalue weighted by Crippen LogP contribution is 2.31. The molecule has 2 heterocycles. The van der Waals surface area contributed by atoms with Crippen molar-refractivity contribution in [1.82, 2.24) is 4.90 Å². The number of rotatable bonds is 2. The molecule has 0 unspecified atom stereocenters. The lowest BCUT2D eigenvalue weighted by Gasteiger charge is -2.35. The Morgan fingerprint density at radius 2 is 2.15 bits per heavy atom. The second-order valence-corrected chi connectivity index (χ2v) is 5.39. The number of fused-ring (bicyclic) bond motifs is 1. The van der Waals surface area contributed by atoms with Crippen molar-refractivity contribution in [3.8, 4) is 11.5 Å². The minimum atomic E-state index is -0.540. The van der Waals surface area contributed by atoms with Gasteiger partial charge in [-0.3, -0.25) is 4.79 Å². The molecule has 0 radical (unpaired) electrons. The molecular formula is C15H20N2O3. The summed E-state index contributed by atoms with van der Waals surface area (Å²) in [6.07, 6.45) is 1.57. The van der Waals surface area contributed by atoms with Crippen molar-refractivity contribution in [2.75, 3.05) is 26.2 Å². The van der Waals surface area contributed by atoms with Gasteiger partial charge in [-0.25, -0.2) is 0 Å². The van der Waals surface area contributed by atoms with Crippen molar-refractivity contribution in [2.45, 2.75) is 18.9 Å². The summed E-state index contributed by atoms with van der Waals surface area (Å²) in [4.78, 5) is 14.4. The lowest BCUT2D eigenvalue weighted by atomic mass is 9.98. The van der Waals surface area contributed by atoms with Crippen LogP contribution in [0.2, 0.25) is 0 Å². The number of carbonyl (C=O) groups is 1. The first-order valence-electron chi connectivity index (χ1n) is 7.15. The fourth-order valence-corrected chi connectivity index (χ4v) is 2.80. The molecule has 1 aromatic carbocycles. The average molecular weight is 276 g/mol. The highest BCUT2D eigenvalue weighted by molar-refractivity contribution is 5.82. The predicted octanol–water partition coefficient (Wildman–Crippen LogP) is 1.02. The molecule has 0 spiro atoms. The molecule has 2 atom stereocenters. The van der Waals surface area contributed by atoms with Crippen LogP contribution in [0.15, 0.2) is 24.3 Å². The van der Waals surface area contributed by atoms with E-state index in [-0.39, 0.29) is 12.5 Å². The standard InChI is InChI=1S/C15H20N2O3/c16-8-11-4-3-7-17(9-11)15(18)14-10-19-12-5-1-2-6-13(12)20-14/h1-2,5-6,11,14H,3-4,7-10,16H2/t11-,14+/m0/s1. The summed E-state index contributed by atoms with van der Waals surface area (Å²) in [6, 6.07) is 7.44. The van der Waals surface area contributed by atoms with Crippen molar-refractivity contribution in [2.24, 2.45) is 11.7 Å². The van der Waals surface area contributed by atoms with Gasteiger partial charge in [-0.05, 0) is 37.4 Å². The lowest BCUT2D eigenvalue weighted by molar-refractivity contribution is -0.143. The van der Waals surface area contributed by atoms with Gasteiger partial charge in [0, 0.05) is 13.1 Å². The predicted molar refractivity (Wildman–Crippen MR) is 74.7 cm³/mol. The van der Waals surface area contributed by atoms with Crippen molar-refractivity contribution >= 4 is 5.91 Å². The maximum Gasteiger partial charge on any atom is 0.267 e. The zero-order valence-electron chi connectivity index (χ0n) is 11.5. The number of benzene rings is 1. The number of likely N-dealkylation sites (tertiary alicyclic amines) is 1. The Morgan fingerprint density at radius 3 is 2.95 bits per heavy atom. The van der Waals surface area contributed by atoms with Crippen molar-refractivity contribution in [1.29, 1.82) is 0 Å².